The summed E-state index contributed by atoms with van der Waals surface area (Å²) >= 11 is 0. The molecule has 0 unspecified atom stereocenters. The summed E-state index contributed by atoms with van der Waals surface area (Å²) in [5.74, 6) is 1.68. The van der Waals surface area contributed by atoms with Crippen molar-refractivity contribution in [3.8, 4) is 16.9 Å². The SMILES string of the molecule is CCCCC[C@H]1CC[C@H](CCCCc2ccc(-c3ccc(O[C@](C)(CCCC)C(=O)O)cc3)cc2)CC1. The first-order valence-electron chi connectivity index (χ1n) is 15.0. The second-order valence-corrected chi connectivity index (χ2v) is 11.6. The normalized spacial score (nSPS) is 19.3. The highest BCUT2D eigenvalue weighted by Gasteiger charge is 2.34. The fraction of sp³-hybridized carbons (Fsp3) is 0.618. The summed E-state index contributed by atoms with van der Waals surface area (Å²) in [6.45, 7) is 6.03. The van der Waals surface area contributed by atoms with Crippen LogP contribution in [0.5, 0.6) is 5.75 Å². The highest BCUT2D eigenvalue weighted by atomic mass is 16.5. The number of carboxylic acids is 1. The Hall–Kier alpha value is -2.29. The van der Waals surface area contributed by atoms with Gasteiger partial charge in [0.05, 0.1) is 0 Å². The van der Waals surface area contributed by atoms with Gasteiger partial charge in [-0.05, 0) is 73.3 Å². The molecule has 0 bridgehead atoms. The topological polar surface area (TPSA) is 46.5 Å². The van der Waals surface area contributed by atoms with Crippen LogP contribution in [-0.4, -0.2) is 16.7 Å². The van der Waals surface area contributed by atoms with E-state index in [1.54, 1.807) is 6.92 Å². The summed E-state index contributed by atoms with van der Waals surface area (Å²) in [7, 11) is 0. The van der Waals surface area contributed by atoms with Gasteiger partial charge in [-0.2, -0.15) is 0 Å². The maximum absolute atomic E-state index is 11.8. The quantitative estimate of drug-likeness (QED) is 0.230. The van der Waals surface area contributed by atoms with Gasteiger partial charge in [0.25, 0.3) is 0 Å². The molecular formula is C34H50O3. The van der Waals surface area contributed by atoms with Crippen LogP contribution in [0.1, 0.15) is 116 Å². The van der Waals surface area contributed by atoms with Gasteiger partial charge in [-0.25, -0.2) is 4.79 Å². The molecule has 0 saturated heterocycles. The van der Waals surface area contributed by atoms with E-state index in [-0.39, 0.29) is 0 Å². The van der Waals surface area contributed by atoms with E-state index in [1.807, 2.05) is 24.3 Å². The van der Waals surface area contributed by atoms with Crippen LogP contribution in [0.4, 0.5) is 0 Å². The van der Waals surface area contributed by atoms with Crippen LogP contribution in [-0.2, 0) is 11.2 Å². The molecule has 2 aromatic carbocycles. The van der Waals surface area contributed by atoms with E-state index in [0.717, 1.165) is 36.7 Å². The summed E-state index contributed by atoms with van der Waals surface area (Å²) in [6.07, 6.45) is 19.0. The fourth-order valence-corrected chi connectivity index (χ4v) is 5.81. The predicted octanol–water partition coefficient (Wildman–Crippen LogP) is 9.87. The van der Waals surface area contributed by atoms with Gasteiger partial charge in [-0.1, -0.05) is 121 Å². The number of rotatable bonds is 16. The Bertz CT molecular complexity index is 909. The molecule has 37 heavy (non-hydrogen) atoms. The van der Waals surface area contributed by atoms with Crippen molar-refractivity contribution in [3.05, 3.63) is 54.1 Å². The van der Waals surface area contributed by atoms with Crippen molar-refractivity contribution in [1.82, 2.24) is 0 Å². The largest absolute Gasteiger partial charge is 0.478 e. The van der Waals surface area contributed by atoms with Gasteiger partial charge in [-0.15, -0.1) is 0 Å². The predicted molar refractivity (Wildman–Crippen MR) is 155 cm³/mol. The zero-order valence-electron chi connectivity index (χ0n) is 23.6. The summed E-state index contributed by atoms with van der Waals surface area (Å²) < 4.78 is 5.90. The Balaban J connectivity index is 1.40. The van der Waals surface area contributed by atoms with E-state index >= 15 is 0 Å². The average molecular weight is 507 g/mol. The molecule has 0 spiro atoms. The van der Waals surface area contributed by atoms with Crippen molar-refractivity contribution in [2.75, 3.05) is 0 Å². The molecule has 204 valence electrons. The Morgan fingerprint density at radius 3 is 1.81 bits per heavy atom. The second-order valence-electron chi connectivity index (χ2n) is 11.6. The molecule has 1 atom stereocenters. The Morgan fingerprint density at radius 2 is 1.30 bits per heavy atom. The first-order chi connectivity index (χ1) is 17.9. The smallest absolute Gasteiger partial charge is 0.347 e. The van der Waals surface area contributed by atoms with Crippen molar-refractivity contribution < 1.29 is 14.6 Å². The maximum atomic E-state index is 11.8. The van der Waals surface area contributed by atoms with Crippen LogP contribution in [0.3, 0.4) is 0 Å². The molecular weight excluding hydrogens is 456 g/mol. The van der Waals surface area contributed by atoms with Crippen LogP contribution < -0.4 is 4.74 Å². The minimum Gasteiger partial charge on any atom is -0.478 e. The Labute approximate surface area is 226 Å². The third-order valence-electron chi connectivity index (χ3n) is 8.45. The van der Waals surface area contributed by atoms with Crippen LogP contribution >= 0.6 is 0 Å². The zero-order chi connectivity index (χ0) is 26.5. The number of hydrogen-bond donors (Lipinski definition) is 1. The molecule has 1 saturated carbocycles. The molecule has 2 aromatic rings. The van der Waals surface area contributed by atoms with Gasteiger partial charge in [0.1, 0.15) is 5.75 Å². The lowest BCUT2D eigenvalue weighted by atomic mass is 9.78. The molecule has 0 amide bonds. The molecule has 3 heteroatoms. The third kappa shape index (κ3) is 9.51. The summed E-state index contributed by atoms with van der Waals surface area (Å²) in [6, 6.07) is 16.7. The first-order valence-corrected chi connectivity index (χ1v) is 15.0. The minimum absolute atomic E-state index is 0.502. The molecule has 0 radical (unpaired) electrons. The molecule has 0 aromatic heterocycles. The van der Waals surface area contributed by atoms with Crippen molar-refractivity contribution >= 4 is 5.97 Å². The first kappa shape index (κ1) is 29.3. The lowest BCUT2D eigenvalue weighted by Crippen LogP contribution is -2.41. The van der Waals surface area contributed by atoms with Gasteiger partial charge in [0.15, 0.2) is 0 Å². The number of carboxylic acid groups (broad SMARTS) is 1. The van der Waals surface area contributed by atoms with Crippen LogP contribution in [0, 0.1) is 11.8 Å². The maximum Gasteiger partial charge on any atom is 0.347 e. The fourth-order valence-electron chi connectivity index (χ4n) is 5.81. The lowest BCUT2D eigenvalue weighted by molar-refractivity contribution is -0.154. The van der Waals surface area contributed by atoms with Gasteiger partial charge >= 0.3 is 5.97 Å². The summed E-state index contributed by atoms with van der Waals surface area (Å²) in [5, 5.41) is 9.64. The second kappa shape index (κ2) is 15.2. The van der Waals surface area contributed by atoms with Gasteiger partial charge in [0, 0.05) is 0 Å². The number of hydrogen-bond acceptors (Lipinski definition) is 2. The van der Waals surface area contributed by atoms with Crippen molar-refractivity contribution in [2.45, 2.75) is 123 Å². The molecule has 1 aliphatic carbocycles. The average Bonchev–Trinajstić information content (AvgIpc) is 2.92. The number of carbonyl (C=O) groups is 1. The zero-order valence-corrected chi connectivity index (χ0v) is 23.6. The molecule has 0 aliphatic heterocycles. The molecule has 3 rings (SSSR count). The molecule has 1 fully saturated rings. The number of ether oxygens (including phenoxy) is 1. The Kier molecular flexibility index (Phi) is 12.0. The van der Waals surface area contributed by atoms with E-state index in [2.05, 4.69) is 38.1 Å². The number of aryl methyl sites for hydroxylation is 1. The van der Waals surface area contributed by atoms with Crippen molar-refractivity contribution in [1.29, 1.82) is 0 Å². The number of unbranched alkanes of at least 4 members (excludes halogenated alkanes) is 4. The highest BCUT2D eigenvalue weighted by molar-refractivity contribution is 5.77. The minimum atomic E-state index is -1.19. The highest BCUT2D eigenvalue weighted by Crippen LogP contribution is 2.34. The van der Waals surface area contributed by atoms with Gasteiger partial charge < -0.3 is 9.84 Å². The third-order valence-corrected chi connectivity index (χ3v) is 8.45. The van der Waals surface area contributed by atoms with Gasteiger partial charge in [-0.3, -0.25) is 0 Å². The van der Waals surface area contributed by atoms with Crippen molar-refractivity contribution in [3.63, 3.8) is 0 Å². The standard InChI is InChI=1S/C34H50O3/c1-4-6-8-11-27-14-16-28(17-15-27)12-9-10-13-29-18-20-30(21-19-29)31-22-24-32(25-23-31)37-34(3,33(35)36)26-7-5-2/h18-25,27-28H,4-17,26H2,1-3H3,(H,35,36)/t27-,28-,34-/m1/s1. The van der Waals surface area contributed by atoms with Crippen molar-refractivity contribution in [2.24, 2.45) is 11.8 Å². The van der Waals surface area contributed by atoms with E-state index in [1.165, 1.54) is 81.8 Å². The van der Waals surface area contributed by atoms with Gasteiger partial charge in [0.2, 0.25) is 5.60 Å². The van der Waals surface area contributed by atoms with Crippen LogP contribution in [0.15, 0.2) is 48.5 Å². The van der Waals surface area contributed by atoms with Crippen LogP contribution in [0.25, 0.3) is 11.1 Å². The van der Waals surface area contributed by atoms with E-state index < -0.39 is 11.6 Å². The molecule has 1 N–H and O–H groups in total. The van der Waals surface area contributed by atoms with E-state index in [0.29, 0.717) is 12.2 Å². The summed E-state index contributed by atoms with van der Waals surface area (Å²) in [5.41, 5.74) is 2.52. The monoisotopic (exact) mass is 506 g/mol. The summed E-state index contributed by atoms with van der Waals surface area (Å²) in [4.78, 5) is 11.8. The number of aliphatic carboxylic acids is 1. The molecule has 3 nitrogen and oxygen atoms in total. The molecule has 0 heterocycles. The van der Waals surface area contributed by atoms with Crippen LogP contribution in [0.2, 0.25) is 0 Å². The van der Waals surface area contributed by atoms with E-state index in [4.69, 9.17) is 4.74 Å². The van der Waals surface area contributed by atoms with E-state index in [9.17, 15) is 9.90 Å². The lowest BCUT2D eigenvalue weighted by Gasteiger charge is -2.28. The number of benzene rings is 2. The molecule has 1 aliphatic rings. The Morgan fingerprint density at radius 1 is 0.784 bits per heavy atom.